The number of carbonyl (C=O) groups excluding carboxylic acids is 1. The summed E-state index contributed by atoms with van der Waals surface area (Å²) < 4.78 is 0.951. The van der Waals surface area contributed by atoms with Gasteiger partial charge in [0, 0.05) is 3.57 Å². The standard InChI is InChI=1S/C11H12INO2/c1-11(15)6-13(7-11)10(14)8-4-2-3-5-9(8)12/h2-5,15H,6-7H2,1H3. The summed E-state index contributed by atoms with van der Waals surface area (Å²) in [5, 5.41) is 9.55. The molecule has 0 radical (unpaired) electrons. The SMILES string of the molecule is CC1(O)CN(C(=O)c2ccccc2I)C1. The molecule has 0 unspecified atom stereocenters. The number of benzene rings is 1. The Balaban J connectivity index is 2.14. The number of hydrogen-bond acceptors (Lipinski definition) is 2. The predicted octanol–water partition coefficient (Wildman–Crippen LogP) is 1.50. The second-order valence-electron chi connectivity index (χ2n) is 4.14. The van der Waals surface area contributed by atoms with Crippen molar-refractivity contribution >= 4 is 28.5 Å². The molecule has 1 heterocycles. The summed E-state index contributed by atoms with van der Waals surface area (Å²) in [5.74, 6) is 0.00604. The lowest BCUT2D eigenvalue weighted by Gasteiger charge is -2.44. The van der Waals surface area contributed by atoms with Gasteiger partial charge < -0.3 is 10.0 Å². The molecule has 1 N–H and O–H groups in total. The lowest BCUT2D eigenvalue weighted by Crippen LogP contribution is -2.61. The first-order chi connectivity index (χ1) is 6.99. The summed E-state index contributed by atoms with van der Waals surface area (Å²) in [5.41, 5.74) is 0.0178. The summed E-state index contributed by atoms with van der Waals surface area (Å²) >= 11 is 2.15. The van der Waals surface area contributed by atoms with Crippen LogP contribution in [0.15, 0.2) is 24.3 Å². The first kappa shape index (κ1) is 10.9. The number of aliphatic hydroxyl groups is 1. The number of carbonyl (C=O) groups is 1. The van der Waals surface area contributed by atoms with Crippen LogP contribution in [0.25, 0.3) is 0 Å². The Hall–Kier alpha value is -0.620. The predicted molar refractivity (Wildman–Crippen MR) is 65.7 cm³/mol. The van der Waals surface area contributed by atoms with E-state index in [1.165, 1.54) is 0 Å². The number of rotatable bonds is 1. The fourth-order valence-corrected chi connectivity index (χ4v) is 2.34. The number of β-amino-alcohol motifs (C(OH)–C–C–N with tert-alkyl or cyclic N) is 1. The molecule has 0 saturated carbocycles. The molecule has 1 aromatic rings. The van der Waals surface area contributed by atoms with Crippen molar-refractivity contribution in [3.05, 3.63) is 33.4 Å². The van der Waals surface area contributed by atoms with Crippen LogP contribution in [0.4, 0.5) is 0 Å². The van der Waals surface area contributed by atoms with Crippen LogP contribution in [-0.4, -0.2) is 34.6 Å². The minimum absolute atomic E-state index is 0.00604. The summed E-state index contributed by atoms with van der Waals surface area (Å²) in [6.45, 7) is 2.60. The van der Waals surface area contributed by atoms with E-state index in [0.29, 0.717) is 18.7 Å². The normalized spacial score (nSPS) is 18.5. The van der Waals surface area contributed by atoms with Crippen molar-refractivity contribution in [2.24, 2.45) is 0 Å². The van der Waals surface area contributed by atoms with Crippen molar-refractivity contribution in [2.75, 3.05) is 13.1 Å². The van der Waals surface area contributed by atoms with Gasteiger partial charge in [-0.3, -0.25) is 4.79 Å². The van der Waals surface area contributed by atoms with Gasteiger partial charge in [0.05, 0.1) is 24.3 Å². The van der Waals surface area contributed by atoms with E-state index in [2.05, 4.69) is 22.6 Å². The first-order valence-electron chi connectivity index (χ1n) is 4.76. The molecule has 4 heteroatoms. The van der Waals surface area contributed by atoms with Gasteiger partial charge in [-0.25, -0.2) is 0 Å². The molecule has 80 valence electrons. The second-order valence-corrected chi connectivity index (χ2v) is 5.30. The van der Waals surface area contributed by atoms with Gasteiger partial charge in [-0.1, -0.05) is 12.1 Å². The largest absolute Gasteiger partial charge is 0.386 e. The Labute approximate surface area is 102 Å². The van der Waals surface area contributed by atoms with E-state index in [-0.39, 0.29) is 5.91 Å². The van der Waals surface area contributed by atoms with Gasteiger partial charge in [-0.05, 0) is 41.6 Å². The third-order valence-electron chi connectivity index (χ3n) is 2.45. The van der Waals surface area contributed by atoms with Crippen LogP contribution < -0.4 is 0 Å². The maximum Gasteiger partial charge on any atom is 0.255 e. The van der Waals surface area contributed by atoms with Crippen LogP contribution in [0.1, 0.15) is 17.3 Å². The van der Waals surface area contributed by atoms with Gasteiger partial charge in [0.15, 0.2) is 0 Å². The highest BCUT2D eigenvalue weighted by Crippen LogP contribution is 2.23. The zero-order valence-corrected chi connectivity index (χ0v) is 10.6. The first-order valence-corrected chi connectivity index (χ1v) is 5.84. The Kier molecular flexibility index (Phi) is 2.72. The van der Waals surface area contributed by atoms with Crippen LogP contribution in [0.3, 0.4) is 0 Å². The van der Waals surface area contributed by atoms with Crippen LogP contribution in [0.5, 0.6) is 0 Å². The molecule has 1 aromatic carbocycles. The minimum Gasteiger partial charge on any atom is -0.386 e. The van der Waals surface area contributed by atoms with E-state index in [1.807, 2.05) is 24.3 Å². The zero-order chi connectivity index (χ0) is 11.1. The van der Waals surface area contributed by atoms with Crippen molar-refractivity contribution in [3.63, 3.8) is 0 Å². The van der Waals surface area contributed by atoms with E-state index in [4.69, 9.17) is 0 Å². The van der Waals surface area contributed by atoms with Gasteiger partial charge in [-0.2, -0.15) is 0 Å². The zero-order valence-electron chi connectivity index (χ0n) is 8.40. The third kappa shape index (κ3) is 2.15. The van der Waals surface area contributed by atoms with Crippen molar-refractivity contribution in [1.82, 2.24) is 4.90 Å². The molecule has 1 amide bonds. The fraction of sp³-hybridized carbons (Fsp3) is 0.364. The number of halogens is 1. The van der Waals surface area contributed by atoms with Crippen LogP contribution in [0.2, 0.25) is 0 Å². The fourth-order valence-electron chi connectivity index (χ4n) is 1.72. The number of likely N-dealkylation sites (tertiary alicyclic amines) is 1. The average molecular weight is 317 g/mol. The van der Waals surface area contributed by atoms with Gasteiger partial charge >= 0.3 is 0 Å². The molecule has 0 aliphatic carbocycles. The molecular weight excluding hydrogens is 305 g/mol. The molecule has 2 rings (SSSR count). The average Bonchev–Trinajstić information content (AvgIpc) is 2.14. The summed E-state index contributed by atoms with van der Waals surface area (Å²) in [4.78, 5) is 13.6. The Bertz CT molecular complexity index is 395. The second kappa shape index (κ2) is 3.75. The van der Waals surface area contributed by atoms with Crippen molar-refractivity contribution in [3.8, 4) is 0 Å². The molecule has 1 fully saturated rings. The van der Waals surface area contributed by atoms with Gasteiger partial charge in [0.1, 0.15) is 0 Å². The van der Waals surface area contributed by atoms with E-state index >= 15 is 0 Å². The lowest BCUT2D eigenvalue weighted by molar-refractivity contribution is -0.0669. The summed E-state index contributed by atoms with van der Waals surface area (Å²) in [6, 6.07) is 7.49. The maximum atomic E-state index is 11.9. The minimum atomic E-state index is -0.699. The Morgan fingerprint density at radius 1 is 1.47 bits per heavy atom. The molecule has 1 aliphatic heterocycles. The topological polar surface area (TPSA) is 40.5 Å². The Morgan fingerprint density at radius 3 is 2.60 bits per heavy atom. The van der Waals surface area contributed by atoms with Gasteiger partial charge in [-0.15, -0.1) is 0 Å². The van der Waals surface area contributed by atoms with E-state index in [0.717, 1.165) is 3.57 Å². The lowest BCUT2D eigenvalue weighted by atomic mass is 9.96. The molecule has 15 heavy (non-hydrogen) atoms. The highest BCUT2D eigenvalue weighted by molar-refractivity contribution is 14.1. The molecule has 3 nitrogen and oxygen atoms in total. The van der Waals surface area contributed by atoms with Crippen molar-refractivity contribution in [1.29, 1.82) is 0 Å². The van der Waals surface area contributed by atoms with Gasteiger partial charge in [0.2, 0.25) is 0 Å². The number of hydrogen-bond donors (Lipinski definition) is 1. The maximum absolute atomic E-state index is 11.9. The van der Waals surface area contributed by atoms with Gasteiger partial charge in [0.25, 0.3) is 5.91 Å². The smallest absolute Gasteiger partial charge is 0.255 e. The van der Waals surface area contributed by atoms with E-state index in [9.17, 15) is 9.90 Å². The molecule has 0 atom stereocenters. The Morgan fingerprint density at radius 2 is 2.07 bits per heavy atom. The summed E-state index contributed by atoms with van der Waals surface area (Å²) in [6.07, 6.45) is 0. The molecule has 0 spiro atoms. The van der Waals surface area contributed by atoms with Crippen LogP contribution in [-0.2, 0) is 0 Å². The van der Waals surface area contributed by atoms with E-state index in [1.54, 1.807) is 11.8 Å². The van der Waals surface area contributed by atoms with Crippen molar-refractivity contribution in [2.45, 2.75) is 12.5 Å². The quantitative estimate of drug-likeness (QED) is 0.798. The molecule has 1 saturated heterocycles. The van der Waals surface area contributed by atoms with Crippen LogP contribution >= 0.6 is 22.6 Å². The van der Waals surface area contributed by atoms with E-state index < -0.39 is 5.60 Å². The molecule has 1 aliphatic rings. The van der Waals surface area contributed by atoms with Crippen LogP contribution in [0, 0.1) is 3.57 Å². The molecule has 0 bridgehead atoms. The highest BCUT2D eigenvalue weighted by Gasteiger charge is 2.39. The van der Waals surface area contributed by atoms with Crippen molar-refractivity contribution < 1.29 is 9.90 Å². The summed E-state index contributed by atoms with van der Waals surface area (Å²) in [7, 11) is 0. The third-order valence-corrected chi connectivity index (χ3v) is 3.40. The highest BCUT2D eigenvalue weighted by atomic mass is 127. The molecule has 0 aromatic heterocycles. The number of nitrogens with zero attached hydrogens (tertiary/aromatic N) is 1. The monoisotopic (exact) mass is 317 g/mol. The number of amides is 1. The molecular formula is C11H12INO2.